The molecule has 0 radical (unpaired) electrons. The Balaban J connectivity index is 2.04. The van der Waals surface area contributed by atoms with E-state index in [0.29, 0.717) is 25.4 Å². The van der Waals surface area contributed by atoms with Crippen LogP contribution in [-0.4, -0.2) is 51.7 Å². The van der Waals surface area contributed by atoms with Gasteiger partial charge < -0.3 is 14.2 Å². The van der Waals surface area contributed by atoms with Crippen molar-refractivity contribution in [1.29, 1.82) is 0 Å². The maximum absolute atomic E-state index is 11.4. The van der Waals surface area contributed by atoms with Gasteiger partial charge in [-0.25, -0.2) is 9.78 Å². The van der Waals surface area contributed by atoms with Crippen LogP contribution in [0.1, 0.15) is 21.7 Å². The number of imidazole rings is 1. The highest BCUT2D eigenvalue weighted by atomic mass is 16.5. The minimum atomic E-state index is -0.976. The Morgan fingerprint density at radius 1 is 1.45 bits per heavy atom. The third-order valence-corrected chi connectivity index (χ3v) is 3.62. The number of fused-ring (bicyclic) bond motifs is 1. The fraction of sp³-hybridized carbons (Fsp3) is 0.429. The molecule has 3 heterocycles. The summed E-state index contributed by atoms with van der Waals surface area (Å²) in [6, 6.07) is 3.85. The Morgan fingerprint density at radius 3 is 2.90 bits per heavy atom. The number of rotatable bonds is 3. The number of carboxylic acids is 1. The Bertz CT molecular complexity index is 644. The first kappa shape index (κ1) is 13.1. The number of nitrogens with zero attached hydrogens (tertiary/aromatic N) is 3. The molecule has 3 rings (SSSR count). The summed E-state index contributed by atoms with van der Waals surface area (Å²) in [5.74, 6) is -0.976. The molecular weight excluding hydrogens is 258 g/mol. The number of aromatic nitrogens is 2. The molecule has 1 aliphatic rings. The zero-order valence-electron chi connectivity index (χ0n) is 11.4. The zero-order chi connectivity index (χ0) is 14.1. The summed E-state index contributed by atoms with van der Waals surface area (Å²) in [6.07, 6.45) is 1.87. The van der Waals surface area contributed by atoms with E-state index >= 15 is 0 Å². The predicted molar refractivity (Wildman–Crippen MR) is 73.0 cm³/mol. The summed E-state index contributed by atoms with van der Waals surface area (Å²) in [4.78, 5) is 17.9. The topological polar surface area (TPSA) is 67.1 Å². The van der Waals surface area contributed by atoms with Crippen molar-refractivity contribution in [3.8, 4) is 0 Å². The third-order valence-electron chi connectivity index (χ3n) is 3.62. The average molecular weight is 275 g/mol. The van der Waals surface area contributed by atoms with E-state index < -0.39 is 5.97 Å². The molecule has 6 nitrogen and oxygen atoms in total. The number of morpholine rings is 1. The molecule has 2 aromatic rings. The van der Waals surface area contributed by atoms with Crippen molar-refractivity contribution in [3.05, 3.63) is 35.3 Å². The van der Waals surface area contributed by atoms with E-state index in [0.717, 1.165) is 24.3 Å². The third kappa shape index (κ3) is 2.28. The van der Waals surface area contributed by atoms with Gasteiger partial charge in [0.2, 0.25) is 0 Å². The minimum Gasteiger partial charge on any atom is -0.476 e. The van der Waals surface area contributed by atoms with Crippen molar-refractivity contribution in [1.82, 2.24) is 14.3 Å². The van der Waals surface area contributed by atoms with Crippen LogP contribution in [0.2, 0.25) is 0 Å². The molecule has 106 valence electrons. The van der Waals surface area contributed by atoms with Crippen molar-refractivity contribution in [2.75, 3.05) is 26.3 Å². The molecule has 0 aromatic carbocycles. The van der Waals surface area contributed by atoms with E-state index in [2.05, 4.69) is 9.88 Å². The van der Waals surface area contributed by atoms with Gasteiger partial charge in [0.15, 0.2) is 5.69 Å². The second kappa shape index (κ2) is 5.22. The molecule has 0 bridgehead atoms. The number of hydrogen-bond acceptors (Lipinski definition) is 4. The molecule has 0 atom stereocenters. The summed E-state index contributed by atoms with van der Waals surface area (Å²) in [7, 11) is 0. The summed E-state index contributed by atoms with van der Waals surface area (Å²) in [6.45, 7) is 5.54. The largest absolute Gasteiger partial charge is 0.476 e. The van der Waals surface area contributed by atoms with E-state index in [9.17, 15) is 9.90 Å². The smallest absolute Gasteiger partial charge is 0.356 e. The number of carbonyl (C=O) groups is 1. The Labute approximate surface area is 116 Å². The van der Waals surface area contributed by atoms with Crippen molar-refractivity contribution >= 4 is 11.6 Å². The van der Waals surface area contributed by atoms with Gasteiger partial charge in [0.25, 0.3) is 0 Å². The Morgan fingerprint density at radius 2 is 2.20 bits per heavy atom. The molecule has 1 fully saturated rings. The first-order valence-corrected chi connectivity index (χ1v) is 6.67. The summed E-state index contributed by atoms with van der Waals surface area (Å²) >= 11 is 0. The first-order valence-electron chi connectivity index (χ1n) is 6.67. The van der Waals surface area contributed by atoms with E-state index in [1.807, 2.05) is 29.7 Å². The van der Waals surface area contributed by atoms with Gasteiger partial charge in [-0.3, -0.25) is 4.90 Å². The van der Waals surface area contributed by atoms with E-state index in [1.165, 1.54) is 0 Å². The zero-order valence-corrected chi connectivity index (χ0v) is 11.4. The number of ether oxygens (including phenoxy) is 1. The van der Waals surface area contributed by atoms with E-state index in [-0.39, 0.29) is 5.69 Å². The van der Waals surface area contributed by atoms with Gasteiger partial charge in [-0.2, -0.15) is 0 Å². The number of pyridine rings is 1. The predicted octanol–water partition coefficient (Wildman–Crippen LogP) is 1.17. The van der Waals surface area contributed by atoms with Crippen LogP contribution >= 0.6 is 0 Å². The SMILES string of the molecule is Cc1cccn2c(CN3CCOCC3)c(C(=O)O)nc12. The van der Waals surface area contributed by atoms with Crippen LogP contribution in [-0.2, 0) is 11.3 Å². The number of aromatic carboxylic acids is 1. The van der Waals surface area contributed by atoms with Crippen molar-refractivity contribution in [3.63, 3.8) is 0 Å². The molecule has 6 heteroatoms. The van der Waals surface area contributed by atoms with Crippen LogP contribution in [0.4, 0.5) is 0 Å². The highest BCUT2D eigenvalue weighted by Gasteiger charge is 2.22. The second-order valence-electron chi connectivity index (χ2n) is 4.99. The molecule has 2 aromatic heterocycles. The lowest BCUT2D eigenvalue weighted by atomic mass is 10.2. The van der Waals surface area contributed by atoms with E-state index in [4.69, 9.17) is 4.74 Å². The van der Waals surface area contributed by atoms with Gasteiger partial charge in [-0.15, -0.1) is 0 Å². The van der Waals surface area contributed by atoms with Crippen molar-refractivity contribution in [2.45, 2.75) is 13.5 Å². The molecule has 20 heavy (non-hydrogen) atoms. The second-order valence-corrected chi connectivity index (χ2v) is 4.99. The Hall–Kier alpha value is -1.92. The molecule has 0 saturated carbocycles. The van der Waals surface area contributed by atoms with Crippen LogP contribution in [0.25, 0.3) is 5.65 Å². The molecule has 0 amide bonds. The summed E-state index contributed by atoms with van der Waals surface area (Å²) in [5.41, 5.74) is 2.57. The van der Waals surface area contributed by atoms with Gasteiger partial charge in [0.1, 0.15) is 5.65 Å². The molecule has 1 N–H and O–H groups in total. The lowest BCUT2D eigenvalue weighted by molar-refractivity contribution is 0.0332. The summed E-state index contributed by atoms with van der Waals surface area (Å²) < 4.78 is 7.21. The summed E-state index contributed by atoms with van der Waals surface area (Å²) in [5, 5.41) is 9.37. The fourth-order valence-electron chi connectivity index (χ4n) is 2.55. The highest BCUT2D eigenvalue weighted by molar-refractivity contribution is 5.88. The molecule has 0 aliphatic carbocycles. The average Bonchev–Trinajstić information content (AvgIpc) is 2.81. The van der Waals surface area contributed by atoms with Gasteiger partial charge >= 0.3 is 5.97 Å². The number of hydrogen-bond donors (Lipinski definition) is 1. The quantitative estimate of drug-likeness (QED) is 0.911. The fourth-order valence-corrected chi connectivity index (χ4v) is 2.55. The van der Waals surface area contributed by atoms with Gasteiger partial charge in [-0.1, -0.05) is 6.07 Å². The van der Waals surface area contributed by atoms with Crippen LogP contribution in [0.3, 0.4) is 0 Å². The normalized spacial score (nSPS) is 16.6. The molecule has 0 unspecified atom stereocenters. The number of carboxylic acid groups (broad SMARTS) is 1. The number of aryl methyl sites for hydroxylation is 1. The van der Waals surface area contributed by atoms with Gasteiger partial charge in [0, 0.05) is 25.8 Å². The molecule has 1 aliphatic heterocycles. The van der Waals surface area contributed by atoms with Crippen LogP contribution in [0.15, 0.2) is 18.3 Å². The Kier molecular flexibility index (Phi) is 3.42. The van der Waals surface area contributed by atoms with E-state index in [1.54, 1.807) is 0 Å². The van der Waals surface area contributed by atoms with Crippen molar-refractivity contribution in [2.24, 2.45) is 0 Å². The molecule has 1 saturated heterocycles. The maximum Gasteiger partial charge on any atom is 0.356 e. The lowest BCUT2D eigenvalue weighted by Gasteiger charge is -2.26. The monoisotopic (exact) mass is 275 g/mol. The first-order chi connectivity index (χ1) is 9.66. The van der Waals surface area contributed by atoms with Crippen LogP contribution in [0.5, 0.6) is 0 Å². The van der Waals surface area contributed by atoms with Gasteiger partial charge in [0.05, 0.1) is 18.9 Å². The lowest BCUT2D eigenvalue weighted by Crippen LogP contribution is -2.36. The maximum atomic E-state index is 11.4. The van der Waals surface area contributed by atoms with Crippen LogP contribution < -0.4 is 0 Å². The standard InChI is InChI=1S/C14H17N3O3/c1-10-3-2-4-17-11(9-16-5-7-20-8-6-16)12(14(18)19)15-13(10)17/h2-4H,5-9H2,1H3,(H,18,19). The highest BCUT2D eigenvalue weighted by Crippen LogP contribution is 2.18. The van der Waals surface area contributed by atoms with Crippen LogP contribution in [0, 0.1) is 6.92 Å². The van der Waals surface area contributed by atoms with Gasteiger partial charge in [-0.05, 0) is 18.6 Å². The molecular formula is C14H17N3O3. The minimum absolute atomic E-state index is 0.144. The van der Waals surface area contributed by atoms with Crippen molar-refractivity contribution < 1.29 is 14.6 Å². The molecule has 0 spiro atoms.